The van der Waals surface area contributed by atoms with Crippen molar-refractivity contribution < 1.29 is 0 Å². The van der Waals surface area contributed by atoms with Crippen molar-refractivity contribution in [2.24, 2.45) is 4.99 Å². The third-order valence-corrected chi connectivity index (χ3v) is 2.98. The smallest absolute Gasteiger partial charge is 0.147 e. The van der Waals surface area contributed by atoms with Crippen molar-refractivity contribution in [1.29, 1.82) is 0 Å². The highest BCUT2D eigenvalue weighted by molar-refractivity contribution is 5.95. The number of nitrogens with zero attached hydrogens (tertiary/aromatic N) is 3. The van der Waals surface area contributed by atoms with E-state index >= 15 is 0 Å². The maximum Gasteiger partial charge on any atom is 0.147 e. The highest BCUT2D eigenvalue weighted by Gasteiger charge is 2.25. The summed E-state index contributed by atoms with van der Waals surface area (Å²) < 4.78 is 0. The van der Waals surface area contributed by atoms with Crippen LogP contribution in [0.1, 0.15) is 12.5 Å². The number of nitrogens with one attached hydrogen (secondary N) is 2. The first-order valence-electron chi connectivity index (χ1n) is 6.27. The van der Waals surface area contributed by atoms with Gasteiger partial charge in [-0.15, -0.1) is 5.53 Å². The minimum absolute atomic E-state index is 0.676. The summed E-state index contributed by atoms with van der Waals surface area (Å²) in [5.41, 5.74) is 5.49. The largest absolute Gasteiger partial charge is 0.343 e. The fourth-order valence-corrected chi connectivity index (χ4v) is 2.11. The molecule has 2 aliphatic heterocycles. The maximum absolute atomic E-state index is 4.68. The van der Waals surface area contributed by atoms with Gasteiger partial charge >= 0.3 is 0 Å². The molecular weight excluding hydrogens is 238 g/mol. The summed E-state index contributed by atoms with van der Waals surface area (Å²) in [6.07, 6.45) is 4.03. The summed E-state index contributed by atoms with van der Waals surface area (Å²) in [6, 6.07) is 10.3. The molecule has 5 heteroatoms. The third kappa shape index (κ3) is 2.46. The zero-order valence-corrected chi connectivity index (χ0v) is 11.1. The van der Waals surface area contributed by atoms with E-state index < -0.39 is 0 Å². The Morgan fingerprint density at radius 1 is 1.21 bits per heavy atom. The van der Waals surface area contributed by atoms with Gasteiger partial charge in [-0.05, 0) is 12.5 Å². The van der Waals surface area contributed by atoms with Crippen LogP contribution in [0, 0.1) is 0 Å². The average Bonchev–Trinajstić information content (AvgIpc) is 2.77. The molecule has 2 N–H and O–H groups in total. The van der Waals surface area contributed by atoms with E-state index in [0.29, 0.717) is 6.54 Å². The van der Waals surface area contributed by atoms with E-state index in [0.717, 1.165) is 17.4 Å². The number of amidine groups is 1. The molecule has 0 unspecified atom stereocenters. The van der Waals surface area contributed by atoms with Gasteiger partial charge in [0.1, 0.15) is 11.7 Å². The summed E-state index contributed by atoms with van der Waals surface area (Å²) >= 11 is 0. The van der Waals surface area contributed by atoms with E-state index in [1.165, 1.54) is 5.56 Å². The topological polar surface area (TPSA) is 42.9 Å². The number of benzene rings is 1. The number of hydrazine groups is 2. The average molecular weight is 255 g/mol. The van der Waals surface area contributed by atoms with Crippen molar-refractivity contribution in [3.8, 4) is 0 Å². The molecule has 0 radical (unpaired) electrons. The van der Waals surface area contributed by atoms with Gasteiger partial charge in [-0.25, -0.2) is 5.01 Å². The van der Waals surface area contributed by atoms with E-state index in [1.54, 1.807) is 0 Å². The predicted octanol–water partition coefficient (Wildman–Crippen LogP) is 1.56. The molecule has 98 valence electrons. The quantitative estimate of drug-likeness (QED) is 0.841. The van der Waals surface area contributed by atoms with Crippen LogP contribution in [-0.4, -0.2) is 22.9 Å². The van der Waals surface area contributed by atoms with E-state index in [9.17, 15) is 0 Å². The van der Waals surface area contributed by atoms with E-state index in [2.05, 4.69) is 28.0 Å². The Morgan fingerprint density at radius 3 is 2.79 bits per heavy atom. The second-order valence-electron chi connectivity index (χ2n) is 4.67. The van der Waals surface area contributed by atoms with Crippen LogP contribution in [0.25, 0.3) is 0 Å². The molecule has 1 aromatic rings. The Bertz CT molecular complexity index is 558. The fraction of sp³-hybridized carbons (Fsp3) is 0.214. The lowest BCUT2D eigenvalue weighted by Crippen LogP contribution is -2.46. The third-order valence-electron chi connectivity index (χ3n) is 2.98. The van der Waals surface area contributed by atoms with Crippen LogP contribution in [0.3, 0.4) is 0 Å². The van der Waals surface area contributed by atoms with Crippen molar-refractivity contribution in [2.45, 2.75) is 13.5 Å². The first kappa shape index (κ1) is 11.8. The van der Waals surface area contributed by atoms with Crippen LogP contribution in [-0.2, 0) is 6.54 Å². The summed E-state index contributed by atoms with van der Waals surface area (Å²) in [4.78, 5) is 4.68. The van der Waals surface area contributed by atoms with E-state index in [-0.39, 0.29) is 0 Å². The predicted molar refractivity (Wildman–Crippen MR) is 75.3 cm³/mol. The van der Waals surface area contributed by atoms with Gasteiger partial charge in [0.2, 0.25) is 0 Å². The Labute approximate surface area is 112 Å². The lowest BCUT2D eigenvalue weighted by atomic mass is 10.2. The van der Waals surface area contributed by atoms with Crippen LogP contribution in [0.15, 0.2) is 59.1 Å². The van der Waals surface area contributed by atoms with Crippen LogP contribution in [0.5, 0.6) is 0 Å². The molecule has 0 bridgehead atoms. The van der Waals surface area contributed by atoms with Crippen LogP contribution >= 0.6 is 0 Å². The molecule has 0 fully saturated rings. The molecule has 0 saturated carbocycles. The van der Waals surface area contributed by atoms with Crippen LogP contribution < -0.4 is 10.9 Å². The van der Waals surface area contributed by atoms with Crippen molar-refractivity contribution in [3.63, 3.8) is 0 Å². The normalized spacial score (nSPS) is 20.0. The highest BCUT2D eigenvalue weighted by Crippen LogP contribution is 2.16. The highest BCUT2D eigenvalue weighted by atomic mass is 15.8. The molecule has 1 aromatic carbocycles. The minimum Gasteiger partial charge on any atom is -0.343 e. The molecule has 2 heterocycles. The van der Waals surface area contributed by atoms with E-state index in [4.69, 9.17) is 0 Å². The molecular formula is C14H17N5. The number of rotatable bonds is 2. The van der Waals surface area contributed by atoms with Crippen molar-refractivity contribution in [2.75, 3.05) is 7.05 Å². The number of hydrogen-bond donors (Lipinski definition) is 2. The SMILES string of the molecule is CC1=CC(=NCc2ccccc2)N2NN(C)C=C2N1. The number of aliphatic imine (C=N–C) groups is 1. The number of allylic oxidation sites excluding steroid dienone is 1. The lowest BCUT2D eigenvalue weighted by molar-refractivity contribution is 0.220. The number of hydrogen-bond acceptors (Lipinski definition) is 4. The second kappa shape index (κ2) is 4.78. The first-order chi connectivity index (χ1) is 9.22. The zero-order chi connectivity index (χ0) is 13.2. The van der Waals surface area contributed by atoms with Crippen LogP contribution in [0.2, 0.25) is 0 Å². The standard InChI is InChI=1S/C14H17N5/c1-11-8-13(15-9-12-6-4-3-5-7-12)19-14(16-11)10-18(2)17-19/h3-8,10,16-17H,9H2,1-2H3. The van der Waals surface area contributed by atoms with Gasteiger partial charge < -0.3 is 5.32 Å². The van der Waals surface area contributed by atoms with Crippen molar-refractivity contribution >= 4 is 5.84 Å². The summed E-state index contributed by atoms with van der Waals surface area (Å²) in [5.74, 6) is 1.91. The Kier molecular flexibility index (Phi) is 2.97. The Morgan fingerprint density at radius 2 is 2.00 bits per heavy atom. The molecule has 0 spiro atoms. The molecule has 0 atom stereocenters. The molecule has 19 heavy (non-hydrogen) atoms. The van der Waals surface area contributed by atoms with Gasteiger partial charge in [-0.3, -0.25) is 10.0 Å². The summed E-state index contributed by atoms with van der Waals surface area (Å²) in [6.45, 7) is 2.71. The van der Waals surface area contributed by atoms with Gasteiger partial charge in [0.25, 0.3) is 0 Å². The minimum atomic E-state index is 0.676. The molecule has 3 rings (SSSR count). The summed E-state index contributed by atoms with van der Waals surface area (Å²) in [7, 11) is 1.96. The van der Waals surface area contributed by atoms with Crippen molar-refractivity contribution in [3.05, 3.63) is 59.7 Å². The molecule has 0 aromatic heterocycles. The van der Waals surface area contributed by atoms with Gasteiger partial charge in [-0.2, -0.15) is 0 Å². The molecule has 2 aliphatic rings. The van der Waals surface area contributed by atoms with Gasteiger partial charge in [0.05, 0.1) is 12.7 Å². The zero-order valence-electron chi connectivity index (χ0n) is 11.1. The van der Waals surface area contributed by atoms with Gasteiger partial charge in [-0.1, -0.05) is 30.3 Å². The molecule has 0 aliphatic carbocycles. The molecule has 0 amide bonds. The maximum atomic E-state index is 4.68. The van der Waals surface area contributed by atoms with Gasteiger partial charge in [0, 0.05) is 18.8 Å². The fourth-order valence-electron chi connectivity index (χ4n) is 2.11. The first-order valence-corrected chi connectivity index (χ1v) is 6.27. The van der Waals surface area contributed by atoms with E-state index in [1.807, 2.05) is 54.5 Å². The van der Waals surface area contributed by atoms with Crippen molar-refractivity contribution in [1.82, 2.24) is 20.9 Å². The molecule has 0 saturated heterocycles. The van der Waals surface area contributed by atoms with Gasteiger partial charge in [0.15, 0.2) is 0 Å². The van der Waals surface area contributed by atoms with Crippen LogP contribution in [0.4, 0.5) is 0 Å². The monoisotopic (exact) mass is 255 g/mol. The Hall–Kier alpha value is -2.27. The lowest BCUT2D eigenvalue weighted by Gasteiger charge is -2.27. The second-order valence-corrected chi connectivity index (χ2v) is 4.67. The summed E-state index contributed by atoms with van der Waals surface area (Å²) in [5, 5.41) is 7.14. The number of fused-ring (bicyclic) bond motifs is 1. The Balaban J connectivity index is 1.83. The molecule has 5 nitrogen and oxygen atoms in total.